The van der Waals surface area contributed by atoms with Gasteiger partial charge in [-0.05, 0) is 50.6 Å². The third-order valence-electron chi connectivity index (χ3n) is 5.03. The van der Waals surface area contributed by atoms with E-state index < -0.39 is 0 Å². The fourth-order valence-electron chi connectivity index (χ4n) is 4.01. The van der Waals surface area contributed by atoms with E-state index in [1.54, 1.807) is 0 Å². The Labute approximate surface area is 120 Å². The summed E-state index contributed by atoms with van der Waals surface area (Å²) >= 11 is 0. The third-order valence-corrected chi connectivity index (χ3v) is 5.03. The Hall–Kier alpha value is -0.940. The van der Waals surface area contributed by atoms with Crippen LogP contribution in [-0.4, -0.2) is 60.9 Å². The largest absolute Gasteiger partial charge is 0.316 e. The highest BCUT2D eigenvalue weighted by atomic mass is 16.2. The van der Waals surface area contributed by atoms with Crippen LogP contribution in [-0.2, 0) is 9.59 Å². The van der Waals surface area contributed by atoms with Gasteiger partial charge in [-0.2, -0.15) is 0 Å². The topological polar surface area (TPSA) is 52.7 Å². The summed E-state index contributed by atoms with van der Waals surface area (Å²) in [5.41, 5.74) is 0.367. The van der Waals surface area contributed by atoms with Gasteiger partial charge in [-0.15, -0.1) is 0 Å². The van der Waals surface area contributed by atoms with Crippen molar-refractivity contribution in [2.45, 2.75) is 38.5 Å². The van der Waals surface area contributed by atoms with E-state index in [0.29, 0.717) is 24.9 Å². The molecule has 3 rings (SSSR count). The van der Waals surface area contributed by atoms with Gasteiger partial charge in [-0.25, -0.2) is 0 Å². The van der Waals surface area contributed by atoms with Crippen molar-refractivity contribution in [2.75, 3.05) is 39.3 Å². The summed E-state index contributed by atoms with van der Waals surface area (Å²) in [6.07, 6.45) is 6.33. The number of nitrogens with one attached hydrogen (secondary N) is 1. The molecular weight excluding hydrogens is 254 g/mol. The summed E-state index contributed by atoms with van der Waals surface area (Å²) in [5, 5.41) is 3.51. The van der Waals surface area contributed by atoms with Gasteiger partial charge in [0.15, 0.2) is 0 Å². The number of rotatable bonds is 2. The summed E-state index contributed by atoms with van der Waals surface area (Å²) in [4.78, 5) is 27.6. The van der Waals surface area contributed by atoms with Crippen LogP contribution in [0.3, 0.4) is 0 Å². The molecule has 2 amide bonds. The molecule has 0 saturated carbocycles. The Morgan fingerprint density at radius 3 is 2.75 bits per heavy atom. The number of amides is 2. The van der Waals surface area contributed by atoms with E-state index in [2.05, 4.69) is 10.2 Å². The van der Waals surface area contributed by atoms with E-state index in [4.69, 9.17) is 0 Å². The van der Waals surface area contributed by atoms with E-state index in [9.17, 15) is 9.59 Å². The molecule has 1 N–H and O–H groups in total. The maximum atomic E-state index is 12.2. The molecule has 1 atom stereocenters. The molecule has 3 heterocycles. The van der Waals surface area contributed by atoms with E-state index in [-0.39, 0.29) is 11.8 Å². The van der Waals surface area contributed by atoms with Gasteiger partial charge in [0, 0.05) is 26.1 Å². The maximum Gasteiger partial charge on any atom is 0.243 e. The molecule has 0 radical (unpaired) electrons. The Balaban J connectivity index is 1.57. The molecule has 1 spiro atoms. The molecule has 3 aliphatic heterocycles. The number of likely N-dealkylation sites (tertiary alicyclic amines) is 2. The molecule has 0 aromatic carbocycles. The summed E-state index contributed by atoms with van der Waals surface area (Å²) in [7, 11) is 0. The number of nitrogens with zero attached hydrogens (tertiary/aromatic N) is 2. The van der Waals surface area contributed by atoms with Crippen molar-refractivity contribution >= 4 is 11.8 Å². The van der Waals surface area contributed by atoms with Crippen LogP contribution in [0.4, 0.5) is 0 Å². The van der Waals surface area contributed by atoms with Crippen molar-refractivity contribution in [1.82, 2.24) is 15.1 Å². The van der Waals surface area contributed by atoms with Crippen LogP contribution in [0.15, 0.2) is 0 Å². The highest BCUT2D eigenvalue weighted by Gasteiger charge is 2.37. The minimum Gasteiger partial charge on any atom is -0.316 e. The lowest BCUT2D eigenvalue weighted by atomic mass is 9.74. The molecule has 3 aliphatic rings. The van der Waals surface area contributed by atoms with Gasteiger partial charge >= 0.3 is 0 Å². The van der Waals surface area contributed by atoms with Crippen molar-refractivity contribution in [2.24, 2.45) is 5.41 Å². The second-order valence-corrected chi connectivity index (χ2v) is 6.64. The first kappa shape index (κ1) is 14.0. The van der Waals surface area contributed by atoms with Gasteiger partial charge in [0.1, 0.15) is 0 Å². The normalized spacial score (nSPS) is 32.0. The molecule has 112 valence electrons. The zero-order valence-corrected chi connectivity index (χ0v) is 12.2. The smallest absolute Gasteiger partial charge is 0.243 e. The quantitative estimate of drug-likeness (QED) is 0.804. The van der Waals surface area contributed by atoms with Gasteiger partial charge in [-0.3, -0.25) is 19.4 Å². The van der Waals surface area contributed by atoms with Crippen LogP contribution in [0.1, 0.15) is 38.5 Å². The Morgan fingerprint density at radius 2 is 2.05 bits per heavy atom. The summed E-state index contributed by atoms with van der Waals surface area (Å²) < 4.78 is 0. The fraction of sp³-hybridized carbons (Fsp3) is 0.867. The lowest BCUT2D eigenvalue weighted by molar-refractivity contribution is -0.143. The average molecular weight is 279 g/mol. The monoisotopic (exact) mass is 279 g/mol. The zero-order valence-electron chi connectivity index (χ0n) is 12.2. The average Bonchev–Trinajstić information content (AvgIpc) is 2.86. The summed E-state index contributed by atoms with van der Waals surface area (Å²) in [6, 6.07) is 0. The molecule has 0 bridgehead atoms. The molecule has 5 heteroatoms. The highest BCUT2D eigenvalue weighted by Crippen LogP contribution is 2.35. The van der Waals surface area contributed by atoms with Crippen LogP contribution in [0.5, 0.6) is 0 Å². The number of carbonyl (C=O) groups excluding carboxylic acids is 2. The first-order valence-electron chi connectivity index (χ1n) is 7.95. The van der Waals surface area contributed by atoms with Gasteiger partial charge < -0.3 is 5.32 Å². The van der Waals surface area contributed by atoms with Crippen molar-refractivity contribution in [3.63, 3.8) is 0 Å². The van der Waals surface area contributed by atoms with Gasteiger partial charge in [-0.1, -0.05) is 0 Å². The Morgan fingerprint density at radius 1 is 1.20 bits per heavy atom. The summed E-state index contributed by atoms with van der Waals surface area (Å²) in [6.45, 7) is 5.26. The van der Waals surface area contributed by atoms with Crippen LogP contribution < -0.4 is 5.32 Å². The number of imide groups is 1. The van der Waals surface area contributed by atoms with Gasteiger partial charge in [0.05, 0.1) is 6.54 Å². The molecule has 20 heavy (non-hydrogen) atoms. The first-order chi connectivity index (χ1) is 9.69. The molecule has 0 aliphatic carbocycles. The molecule has 3 fully saturated rings. The molecule has 1 unspecified atom stereocenters. The maximum absolute atomic E-state index is 12.2. The molecule has 5 nitrogen and oxygen atoms in total. The predicted octanol–water partition coefficient (Wildman–Crippen LogP) is 0.601. The minimum atomic E-state index is 0.00770. The van der Waals surface area contributed by atoms with Crippen LogP contribution in [0.2, 0.25) is 0 Å². The number of piperidine rings is 2. The third kappa shape index (κ3) is 2.88. The van der Waals surface area contributed by atoms with Crippen molar-refractivity contribution in [3.05, 3.63) is 0 Å². The zero-order chi connectivity index (χ0) is 14.0. The SMILES string of the molecule is O=C1CCCN1C(=O)CN1CCCC2(CCCNC2)C1. The lowest BCUT2D eigenvalue weighted by Gasteiger charge is -2.45. The van der Waals surface area contributed by atoms with E-state index in [1.165, 1.54) is 30.6 Å². The Kier molecular flexibility index (Phi) is 4.08. The number of hydrogen-bond acceptors (Lipinski definition) is 4. The van der Waals surface area contributed by atoms with E-state index in [0.717, 1.165) is 32.6 Å². The lowest BCUT2D eigenvalue weighted by Crippen LogP contribution is -2.53. The Bertz CT molecular complexity index is 385. The first-order valence-corrected chi connectivity index (χ1v) is 7.95. The van der Waals surface area contributed by atoms with Crippen LogP contribution in [0, 0.1) is 5.41 Å². The fourth-order valence-corrected chi connectivity index (χ4v) is 4.01. The van der Waals surface area contributed by atoms with Crippen molar-refractivity contribution < 1.29 is 9.59 Å². The predicted molar refractivity (Wildman–Crippen MR) is 76.2 cm³/mol. The van der Waals surface area contributed by atoms with Crippen molar-refractivity contribution in [1.29, 1.82) is 0 Å². The highest BCUT2D eigenvalue weighted by molar-refractivity contribution is 5.97. The summed E-state index contributed by atoms with van der Waals surface area (Å²) in [5.74, 6) is 0.0226. The van der Waals surface area contributed by atoms with Crippen LogP contribution >= 0.6 is 0 Å². The van der Waals surface area contributed by atoms with Gasteiger partial charge in [0.2, 0.25) is 11.8 Å². The minimum absolute atomic E-state index is 0.00770. The number of carbonyl (C=O) groups is 2. The number of hydrogen-bond donors (Lipinski definition) is 1. The molecule has 0 aromatic heterocycles. The second-order valence-electron chi connectivity index (χ2n) is 6.64. The molecular formula is C15H25N3O2. The second kappa shape index (κ2) is 5.82. The van der Waals surface area contributed by atoms with E-state index in [1.807, 2.05) is 0 Å². The van der Waals surface area contributed by atoms with Gasteiger partial charge in [0.25, 0.3) is 0 Å². The van der Waals surface area contributed by atoms with E-state index >= 15 is 0 Å². The standard InChI is InChI=1S/C15H25N3O2/c19-13-4-1-9-18(13)14(20)10-17-8-3-6-15(12-17)5-2-7-16-11-15/h16H,1-12H2. The van der Waals surface area contributed by atoms with Crippen LogP contribution in [0.25, 0.3) is 0 Å². The molecule has 0 aromatic rings. The van der Waals surface area contributed by atoms with Crippen molar-refractivity contribution in [3.8, 4) is 0 Å². The molecule has 3 saturated heterocycles.